The van der Waals surface area contributed by atoms with Crippen LogP contribution in [0.2, 0.25) is 0 Å². The van der Waals surface area contributed by atoms with Gasteiger partial charge < -0.3 is 19.8 Å². The molecule has 0 fully saturated rings. The minimum atomic E-state index is -4.35. The summed E-state index contributed by atoms with van der Waals surface area (Å²) >= 11 is 0. The van der Waals surface area contributed by atoms with Crippen molar-refractivity contribution in [2.75, 3.05) is 40.9 Å². The fourth-order valence-electron chi connectivity index (χ4n) is 7.01. The lowest BCUT2D eigenvalue weighted by molar-refractivity contribution is -0.870. The molecule has 0 aromatic heterocycles. The van der Waals surface area contributed by atoms with Crippen LogP contribution < -0.4 is 5.32 Å². The molecule has 0 spiro atoms. The summed E-state index contributed by atoms with van der Waals surface area (Å²) < 4.78 is 23.6. The Kier molecular flexibility index (Phi) is 41.6. The van der Waals surface area contributed by atoms with Gasteiger partial charge in [-0.15, -0.1) is 0 Å². The second-order valence-corrected chi connectivity index (χ2v) is 19.6. The molecule has 9 heteroatoms. The lowest BCUT2D eigenvalue weighted by atomic mass is 10.1. The molecule has 0 aliphatic rings. The number of aliphatic hydroxyl groups excluding tert-OH is 1. The first-order chi connectivity index (χ1) is 29.0. The summed E-state index contributed by atoms with van der Waals surface area (Å²) in [6.45, 7) is 4.78. The minimum Gasteiger partial charge on any atom is -0.387 e. The van der Waals surface area contributed by atoms with Crippen LogP contribution in [0.1, 0.15) is 219 Å². The molecule has 0 rings (SSSR count). The van der Waals surface area contributed by atoms with Gasteiger partial charge in [-0.05, 0) is 70.6 Å². The number of likely N-dealkylation sites (N-methyl/N-ethyl adjacent to an activating group) is 1. The number of phosphoric ester groups is 1. The first-order valence-corrected chi connectivity index (χ1v) is 26.5. The largest absolute Gasteiger partial charge is 0.472 e. The minimum absolute atomic E-state index is 0.0519. The fraction of sp³-hybridized carbons (Fsp3) is 0.824. The monoisotopic (exact) mass is 866 g/mol. The van der Waals surface area contributed by atoms with Gasteiger partial charge in [-0.1, -0.05) is 191 Å². The predicted octanol–water partition coefficient (Wildman–Crippen LogP) is 14.4. The SMILES string of the molecule is CCCCCCCCC/C=C/CC/C=C/CC/C=C/C(O)C(COP(=O)(O)OCC[N+](C)(C)C)NC(=O)CCCCCCCCC/C=C\CCCCCCCCCCCC. The number of carbonyl (C=O) groups excluding carboxylic acids is 1. The number of nitrogens with zero attached hydrogens (tertiary/aromatic N) is 1. The normalized spacial score (nSPS) is 14.6. The van der Waals surface area contributed by atoms with Crippen LogP contribution in [-0.4, -0.2) is 73.4 Å². The summed E-state index contributed by atoms with van der Waals surface area (Å²) in [5.74, 6) is -0.196. The van der Waals surface area contributed by atoms with Gasteiger partial charge in [0.15, 0.2) is 0 Å². The van der Waals surface area contributed by atoms with Crippen molar-refractivity contribution in [1.82, 2.24) is 5.32 Å². The van der Waals surface area contributed by atoms with Gasteiger partial charge in [0.2, 0.25) is 5.91 Å². The molecule has 0 aliphatic carbocycles. The average molecular weight is 866 g/mol. The van der Waals surface area contributed by atoms with Crippen LogP contribution in [0.25, 0.3) is 0 Å². The van der Waals surface area contributed by atoms with E-state index in [0.29, 0.717) is 17.4 Å². The Hall–Kier alpha value is -1.54. The van der Waals surface area contributed by atoms with Crippen LogP contribution in [0.3, 0.4) is 0 Å². The third-order valence-electron chi connectivity index (χ3n) is 11.0. The zero-order valence-electron chi connectivity index (χ0n) is 39.9. The topological polar surface area (TPSA) is 105 Å². The predicted molar refractivity (Wildman–Crippen MR) is 258 cm³/mol. The van der Waals surface area contributed by atoms with E-state index in [0.717, 1.165) is 44.9 Å². The van der Waals surface area contributed by atoms with Crippen molar-refractivity contribution in [3.05, 3.63) is 48.6 Å². The van der Waals surface area contributed by atoms with Crippen LogP contribution in [0, 0.1) is 0 Å². The Labute approximate surface area is 371 Å². The van der Waals surface area contributed by atoms with Crippen LogP contribution in [0.4, 0.5) is 0 Å². The van der Waals surface area contributed by atoms with Crippen molar-refractivity contribution in [2.45, 2.75) is 231 Å². The molecular formula is C51H98N2O6P+. The molecule has 0 aromatic carbocycles. The molecule has 60 heavy (non-hydrogen) atoms. The molecule has 3 atom stereocenters. The number of allylic oxidation sites excluding steroid dienone is 7. The molecule has 1 amide bonds. The Balaban J connectivity index is 4.39. The van der Waals surface area contributed by atoms with Gasteiger partial charge in [-0.2, -0.15) is 0 Å². The van der Waals surface area contributed by atoms with E-state index in [1.807, 2.05) is 27.2 Å². The summed E-state index contributed by atoms with van der Waals surface area (Å²) in [7, 11) is 1.54. The van der Waals surface area contributed by atoms with E-state index in [1.54, 1.807) is 6.08 Å². The molecule has 0 radical (unpaired) electrons. The smallest absolute Gasteiger partial charge is 0.387 e. The maximum absolute atomic E-state index is 12.9. The van der Waals surface area contributed by atoms with Gasteiger partial charge >= 0.3 is 7.82 Å². The zero-order chi connectivity index (χ0) is 44.3. The molecule has 0 bridgehead atoms. The maximum atomic E-state index is 12.9. The number of nitrogens with one attached hydrogen (secondary N) is 1. The lowest BCUT2D eigenvalue weighted by Gasteiger charge is -2.25. The van der Waals surface area contributed by atoms with Gasteiger partial charge in [0, 0.05) is 6.42 Å². The summed E-state index contributed by atoms with van der Waals surface area (Å²) in [6, 6.07) is -0.872. The van der Waals surface area contributed by atoms with Gasteiger partial charge in [0.1, 0.15) is 13.2 Å². The van der Waals surface area contributed by atoms with E-state index >= 15 is 0 Å². The summed E-state index contributed by atoms with van der Waals surface area (Å²) in [4.78, 5) is 23.2. The highest BCUT2D eigenvalue weighted by Crippen LogP contribution is 2.43. The number of hydrogen-bond donors (Lipinski definition) is 3. The summed E-state index contributed by atoms with van der Waals surface area (Å²) in [5, 5.41) is 13.8. The van der Waals surface area contributed by atoms with Crippen LogP contribution >= 0.6 is 7.82 Å². The average Bonchev–Trinajstić information content (AvgIpc) is 3.20. The van der Waals surface area contributed by atoms with Gasteiger partial charge in [0.05, 0.1) is 39.9 Å². The van der Waals surface area contributed by atoms with Crippen LogP contribution in [-0.2, 0) is 18.4 Å². The van der Waals surface area contributed by atoms with E-state index in [-0.39, 0.29) is 19.1 Å². The van der Waals surface area contributed by atoms with Crippen LogP contribution in [0.15, 0.2) is 48.6 Å². The molecule has 0 aromatic rings. The second kappa shape index (κ2) is 42.7. The Morgan fingerprint density at radius 3 is 1.33 bits per heavy atom. The standard InChI is InChI=1S/C51H97N2O6P/c1-6-8-10-12-14-16-18-20-22-24-25-26-27-29-31-33-35-37-39-41-43-45-51(55)52-49(48-59-60(56,57)58-47-46-53(3,4)5)50(54)44-42-40-38-36-34-32-30-28-23-21-19-17-15-13-11-9-7-2/h23,26-28,34,36,42,44,49-50,54H,6-22,24-25,29-33,35,37-41,43,45-48H2,1-5H3,(H-,52,55,56,57)/p+1/b27-26-,28-23+,36-34+,44-42+. The number of phosphoric acid groups is 1. The number of quaternary nitrogens is 1. The maximum Gasteiger partial charge on any atom is 0.472 e. The van der Waals surface area contributed by atoms with Gasteiger partial charge in [-0.3, -0.25) is 13.8 Å². The first kappa shape index (κ1) is 58.5. The number of carbonyl (C=O) groups is 1. The third kappa shape index (κ3) is 44.5. The van der Waals surface area contributed by atoms with Crippen molar-refractivity contribution in [2.24, 2.45) is 0 Å². The molecular weight excluding hydrogens is 768 g/mol. The molecule has 0 heterocycles. The van der Waals surface area contributed by atoms with E-state index in [1.165, 1.54) is 154 Å². The second-order valence-electron chi connectivity index (χ2n) is 18.2. The van der Waals surface area contributed by atoms with E-state index in [4.69, 9.17) is 9.05 Å². The number of aliphatic hydroxyl groups is 1. The number of amides is 1. The van der Waals surface area contributed by atoms with Crippen molar-refractivity contribution in [1.29, 1.82) is 0 Å². The number of hydrogen-bond acceptors (Lipinski definition) is 5. The Morgan fingerprint density at radius 1 is 0.550 bits per heavy atom. The Bertz CT molecular complexity index is 1120. The summed E-state index contributed by atoms with van der Waals surface area (Å²) in [6.07, 6.45) is 54.8. The van der Waals surface area contributed by atoms with Crippen molar-refractivity contribution < 1.29 is 32.9 Å². The van der Waals surface area contributed by atoms with Crippen LogP contribution in [0.5, 0.6) is 0 Å². The molecule has 0 aliphatic heterocycles. The van der Waals surface area contributed by atoms with E-state index in [2.05, 4.69) is 55.6 Å². The molecule has 8 nitrogen and oxygen atoms in total. The number of unbranched alkanes of at least 4 members (excludes halogenated alkanes) is 26. The Morgan fingerprint density at radius 2 is 0.917 bits per heavy atom. The highest BCUT2D eigenvalue weighted by atomic mass is 31.2. The first-order valence-electron chi connectivity index (χ1n) is 25.0. The lowest BCUT2D eigenvalue weighted by Crippen LogP contribution is -2.45. The quantitative estimate of drug-likeness (QED) is 0.0244. The molecule has 0 saturated heterocycles. The molecule has 3 unspecified atom stereocenters. The van der Waals surface area contributed by atoms with Gasteiger partial charge in [-0.25, -0.2) is 4.57 Å². The fourth-order valence-corrected chi connectivity index (χ4v) is 7.74. The molecule has 352 valence electrons. The highest BCUT2D eigenvalue weighted by Gasteiger charge is 2.27. The number of rotatable bonds is 45. The van der Waals surface area contributed by atoms with Crippen molar-refractivity contribution in [3.63, 3.8) is 0 Å². The molecule has 0 saturated carbocycles. The molecule has 3 N–H and O–H groups in total. The summed E-state index contributed by atoms with van der Waals surface area (Å²) in [5.41, 5.74) is 0. The third-order valence-corrected chi connectivity index (χ3v) is 12.0. The van der Waals surface area contributed by atoms with Gasteiger partial charge in [0.25, 0.3) is 0 Å². The van der Waals surface area contributed by atoms with Crippen molar-refractivity contribution >= 4 is 13.7 Å². The van der Waals surface area contributed by atoms with E-state index < -0.39 is 20.0 Å². The zero-order valence-corrected chi connectivity index (χ0v) is 40.8. The van der Waals surface area contributed by atoms with E-state index in [9.17, 15) is 19.4 Å². The van der Waals surface area contributed by atoms with Crippen molar-refractivity contribution in [3.8, 4) is 0 Å². The highest BCUT2D eigenvalue weighted by molar-refractivity contribution is 7.47.